The lowest BCUT2D eigenvalue weighted by molar-refractivity contribution is -0.0873. The number of aromatic hydroxyl groups is 2. The van der Waals surface area contributed by atoms with Gasteiger partial charge in [-0.2, -0.15) is 0 Å². The molecule has 0 amide bonds. The standard InChI is InChI=1S/C49H52O6Si/c1-48(2,3)56(4,5)55-49(32-36-20-12-7-13-21-36)41(28-35-18-10-6-11-19-35)46-44(53-34-38-24-16-9-17-25-38)30-40(52-33-37-22-14-8-15-23-37)31-45(46)54-47(49)39-26-27-42(50)43(51)29-39/h6-27,29-31,41,47,50-51H,28,32-34H2,1-5H3/t41?,47-,49-/m1/s1. The highest BCUT2D eigenvalue weighted by atomic mass is 28.4. The Morgan fingerprint density at radius 2 is 1.16 bits per heavy atom. The average molecular weight is 765 g/mol. The van der Waals surface area contributed by atoms with E-state index in [1.54, 1.807) is 6.07 Å². The third kappa shape index (κ3) is 8.49. The van der Waals surface area contributed by atoms with Gasteiger partial charge < -0.3 is 28.8 Å². The fraction of sp³-hybridized carbons (Fsp3) is 0.265. The molecule has 0 radical (unpaired) electrons. The monoisotopic (exact) mass is 764 g/mol. The van der Waals surface area contributed by atoms with Crippen LogP contribution < -0.4 is 14.2 Å². The highest BCUT2D eigenvalue weighted by Crippen LogP contribution is 2.59. The molecule has 0 saturated heterocycles. The molecule has 0 bridgehead atoms. The number of phenols is 2. The van der Waals surface area contributed by atoms with Gasteiger partial charge >= 0.3 is 0 Å². The molecule has 0 aliphatic carbocycles. The maximum absolute atomic E-state index is 11.0. The van der Waals surface area contributed by atoms with Gasteiger partial charge in [0.25, 0.3) is 0 Å². The Kier molecular flexibility index (Phi) is 11.3. The molecule has 7 heteroatoms. The second-order valence-electron chi connectivity index (χ2n) is 16.3. The van der Waals surface area contributed by atoms with Crippen LogP contribution in [0.25, 0.3) is 0 Å². The molecule has 56 heavy (non-hydrogen) atoms. The highest BCUT2D eigenvalue weighted by Gasteiger charge is 2.58. The predicted octanol–water partition coefficient (Wildman–Crippen LogP) is 11.7. The molecule has 1 aliphatic heterocycles. The van der Waals surface area contributed by atoms with Crippen LogP contribution in [0.4, 0.5) is 0 Å². The van der Waals surface area contributed by atoms with Gasteiger partial charge in [-0.1, -0.05) is 148 Å². The van der Waals surface area contributed by atoms with Crippen LogP contribution in [0.2, 0.25) is 18.1 Å². The van der Waals surface area contributed by atoms with E-state index in [1.165, 1.54) is 6.07 Å². The lowest BCUT2D eigenvalue weighted by Crippen LogP contribution is -2.59. The molecule has 6 aromatic carbocycles. The zero-order valence-corrected chi connectivity index (χ0v) is 33.9. The second kappa shape index (κ2) is 16.3. The summed E-state index contributed by atoms with van der Waals surface area (Å²) in [5, 5.41) is 21.4. The van der Waals surface area contributed by atoms with Crippen LogP contribution in [0.15, 0.2) is 152 Å². The molecule has 1 unspecified atom stereocenters. The molecule has 0 aromatic heterocycles. The van der Waals surface area contributed by atoms with E-state index < -0.39 is 20.0 Å². The van der Waals surface area contributed by atoms with Crippen LogP contribution in [0.5, 0.6) is 28.7 Å². The largest absolute Gasteiger partial charge is 0.504 e. The van der Waals surface area contributed by atoms with E-state index >= 15 is 0 Å². The van der Waals surface area contributed by atoms with Crippen LogP contribution in [-0.4, -0.2) is 24.1 Å². The van der Waals surface area contributed by atoms with Crippen LogP contribution in [0.3, 0.4) is 0 Å². The molecule has 3 atom stereocenters. The predicted molar refractivity (Wildman–Crippen MR) is 225 cm³/mol. The molecule has 6 nitrogen and oxygen atoms in total. The number of hydrogen-bond donors (Lipinski definition) is 2. The Morgan fingerprint density at radius 1 is 0.625 bits per heavy atom. The smallest absolute Gasteiger partial charge is 0.193 e. The van der Waals surface area contributed by atoms with Crippen molar-refractivity contribution >= 4 is 8.32 Å². The van der Waals surface area contributed by atoms with Crippen molar-refractivity contribution in [3.8, 4) is 28.7 Å². The third-order valence-electron chi connectivity index (χ3n) is 11.3. The van der Waals surface area contributed by atoms with Crippen LogP contribution in [0.1, 0.15) is 66.2 Å². The van der Waals surface area contributed by atoms with Crippen molar-refractivity contribution in [1.29, 1.82) is 0 Å². The SMILES string of the molecule is CC(C)(C)[Si](C)(C)O[C@]1(Cc2ccccc2)C(Cc2ccccc2)c2c(OCc3ccccc3)cc(OCc3ccccc3)cc2O[C@@H]1c1ccc(O)c(O)c1. The minimum absolute atomic E-state index is 0.155. The highest BCUT2D eigenvalue weighted by molar-refractivity contribution is 6.74. The van der Waals surface area contributed by atoms with Crippen molar-refractivity contribution in [3.63, 3.8) is 0 Å². The van der Waals surface area contributed by atoms with E-state index in [0.717, 1.165) is 27.8 Å². The molecule has 7 rings (SSSR count). The molecule has 0 fully saturated rings. The van der Waals surface area contributed by atoms with Crippen LogP contribution in [-0.2, 0) is 30.5 Å². The molecule has 0 spiro atoms. The lowest BCUT2D eigenvalue weighted by Gasteiger charge is -2.55. The van der Waals surface area contributed by atoms with E-state index in [4.69, 9.17) is 18.6 Å². The van der Waals surface area contributed by atoms with Crippen LogP contribution >= 0.6 is 0 Å². The first kappa shape index (κ1) is 38.8. The maximum Gasteiger partial charge on any atom is 0.193 e. The number of ether oxygens (including phenoxy) is 3. The van der Waals surface area contributed by atoms with Gasteiger partial charge in [0.1, 0.15) is 36.1 Å². The zero-order valence-electron chi connectivity index (χ0n) is 32.9. The summed E-state index contributed by atoms with van der Waals surface area (Å²) in [7, 11) is -2.60. The van der Waals surface area contributed by atoms with Crippen molar-refractivity contribution < 1.29 is 28.8 Å². The van der Waals surface area contributed by atoms with Crippen molar-refractivity contribution in [2.24, 2.45) is 0 Å². The number of phenolic OH excluding ortho intramolecular Hbond substituents is 2. The normalized spacial score (nSPS) is 18.1. The van der Waals surface area contributed by atoms with E-state index in [2.05, 4.69) is 94.5 Å². The second-order valence-corrected chi connectivity index (χ2v) is 21.1. The van der Waals surface area contributed by atoms with Gasteiger partial charge in [0, 0.05) is 30.0 Å². The van der Waals surface area contributed by atoms with Crippen molar-refractivity contribution in [2.45, 2.75) is 82.6 Å². The molecule has 0 saturated carbocycles. The fourth-order valence-corrected chi connectivity index (χ4v) is 9.03. The molecule has 288 valence electrons. The Bertz CT molecular complexity index is 2200. The molecule has 1 heterocycles. The Balaban J connectivity index is 1.50. The minimum Gasteiger partial charge on any atom is -0.504 e. The Morgan fingerprint density at radius 3 is 1.71 bits per heavy atom. The average Bonchev–Trinajstić information content (AvgIpc) is 3.19. The van der Waals surface area contributed by atoms with Crippen molar-refractivity contribution in [1.82, 2.24) is 0 Å². The summed E-state index contributed by atoms with van der Waals surface area (Å²) in [4.78, 5) is 0. The number of benzene rings is 6. The zero-order chi connectivity index (χ0) is 39.3. The first-order chi connectivity index (χ1) is 26.9. The molecule has 1 aliphatic rings. The van der Waals surface area contributed by atoms with E-state index in [9.17, 15) is 10.2 Å². The van der Waals surface area contributed by atoms with Crippen molar-refractivity contribution in [2.75, 3.05) is 0 Å². The van der Waals surface area contributed by atoms with Crippen molar-refractivity contribution in [3.05, 3.63) is 185 Å². The summed E-state index contributed by atoms with van der Waals surface area (Å²) in [5.74, 6) is 1.18. The molecule has 6 aromatic rings. The number of rotatable bonds is 13. The van der Waals surface area contributed by atoms with Gasteiger partial charge in [0.05, 0.1) is 0 Å². The van der Waals surface area contributed by atoms with Gasteiger partial charge in [-0.15, -0.1) is 0 Å². The summed E-state index contributed by atoms with van der Waals surface area (Å²) in [5.41, 5.74) is 4.91. The topological polar surface area (TPSA) is 77.4 Å². The summed E-state index contributed by atoms with van der Waals surface area (Å²) in [6.07, 6.45) is 0.412. The van der Waals surface area contributed by atoms with Gasteiger partial charge in [-0.3, -0.25) is 0 Å². The van der Waals surface area contributed by atoms with E-state index in [-0.39, 0.29) is 22.5 Å². The Labute approximate surface area is 332 Å². The summed E-state index contributed by atoms with van der Waals surface area (Å²) in [6, 6.07) is 50.2. The van der Waals surface area contributed by atoms with Gasteiger partial charge in [-0.25, -0.2) is 0 Å². The van der Waals surface area contributed by atoms with Crippen LogP contribution in [0, 0.1) is 0 Å². The first-order valence-corrected chi connectivity index (χ1v) is 22.3. The van der Waals surface area contributed by atoms with Gasteiger partial charge in [0.2, 0.25) is 0 Å². The van der Waals surface area contributed by atoms with Gasteiger partial charge in [-0.05, 0) is 64.5 Å². The third-order valence-corrected chi connectivity index (χ3v) is 15.9. The minimum atomic E-state index is -2.60. The number of fused-ring (bicyclic) bond motifs is 1. The summed E-state index contributed by atoms with van der Waals surface area (Å²) < 4.78 is 28.7. The molecule has 2 N–H and O–H groups in total. The summed E-state index contributed by atoms with van der Waals surface area (Å²) in [6.45, 7) is 12.0. The lowest BCUT2D eigenvalue weighted by atomic mass is 9.68. The molecular weight excluding hydrogens is 713 g/mol. The Hall–Kier alpha value is -5.50. The molecular formula is C49H52O6Si. The first-order valence-electron chi connectivity index (χ1n) is 19.4. The maximum atomic E-state index is 11.0. The van der Waals surface area contributed by atoms with E-state index in [1.807, 2.05) is 78.9 Å². The summed E-state index contributed by atoms with van der Waals surface area (Å²) >= 11 is 0. The fourth-order valence-electron chi connectivity index (χ4n) is 7.45. The number of hydrogen-bond acceptors (Lipinski definition) is 6. The van der Waals surface area contributed by atoms with Gasteiger partial charge in [0.15, 0.2) is 25.9 Å². The van der Waals surface area contributed by atoms with E-state index in [0.29, 0.717) is 48.9 Å². The quantitative estimate of drug-likeness (QED) is 0.0901.